The zero-order valence-electron chi connectivity index (χ0n) is 13.8. The van der Waals surface area contributed by atoms with Crippen LogP contribution >= 0.6 is 0 Å². The molecule has 1 N–H and O–H groups in total. The normalized spacial score (nSPS) is 24.2. The van der Waals surface area contributed by atoms with Crippen LogP contribution in [-0.4, -0.2) is 26.8 Å². The molecule has 0 radical (unpaired) electrons. The highest BCUT2D eigenvalue weighted by molar-refractivity contribution is 5.44. The van der Waals surface area contributed by atoms with E-state index >= 15 is 0 Å². The summed E-state index contributed by atoms with van der Waals surface area (Å²) in [5, 5.41) is 3.46. The Morgan fingerprint density at radius 1 is 1.14 bits per heavy atom. The van der Waals surface area contributed by atoms with Crippen LogP contribution in [0.3, 0.4) is 0 Å². The van der Waals surface area contributed by atoms with Crippen molar-refractivity contribution in [1.29, 1.82) is 0 Å². The van der Waals surface area contributed by atoms with E-state index in [2.05, 4.69) is 24.4 Å². The SMILES string of the molecule is CC.COc1ccc(C2CNCC2C)cc1OCC1CC1. The first-order chi connectivity index (χ1) is 10.3. The molecule has 2 fully saturated rings. The van der Waals surface area contributed by atoms with Gasteiger partial charge in [0, 0.05) is 12.5 Å². The molecule has 21 heavy (non-hydrogen) atoms. The lowest BCUT2D eigenvalue weighted by atomic mass is 9.90. The summed E-state index contributed by atoms with van der Waals surface area (Å²) in [5.41, 5.74) is 1.36. The fourth-order valence-corrected chi connectivity index (χ4v) is 2.79. The summed E-state index contributed by atoms with van der Waals surface area (Å²) in [5.74, 6) is 3.80. The Balaban J connectivity index is 0.000000774. The fourth-order valence-electron chi connectivity index (χ4n) is 2.79. The van der Waals surface area contributed by atoms with Gasteiger partial charge in [0.15, 0.2) is 11.5 Å². The first-order valence-corrected chi connectivity index (χ1v) is 8.29. The van der Waals surface area contributed by atoms with Crippen LogP contribution in [0.4, 0.5) is 0 Å². The third-order valence-electron chi connectivity index (χ3n) is 4.30. The smallest absolute Gasteiger partial charge is 0.161 e. The topological polar surface area (TPSA) is 30.5 Å². The van der Waals surface area contributed by atoms with Gasteiger partial charge in [0.25, 0.3) is 0 Å². The van der Waals surface area contributed by atoms with Gasteiger partial charge in [-0.05, 0) is 48.9 Å². The quantitative estimate of drug-likeness (QED) is 0.894. The molecule has 0 aromatic heterocycles. The van der Waals surface area contributed by atoms with Gasteiger partial charge in [-0.3, -0.25) is 0 Å². The maximum atomic E-state index is 5.94. The first kappa shape index (κ1) is 16.2. The van der Waals surface area contributed by atoms with Crippen molar-refractivity contribution in [2.75, 3.05) is 26.8 Å². The molecule has 0 amide bonds. The highest BCUT2D eigenvalue weighted by Gasteiger charge is 2.26. The van der Waals surface area contributed by atoms with Crippen molar-refractivity contribution in [2.45, 2.75) is 39.5 Å². The molecule has 1 aliphatic heterocycles. The van der Waals surface area contributed by atoms with E-state index in [1.54, 1.807) is 7.11 Å². The Morgan fingerprint density at radius 3 is 2.48 bits per heavy atom. The van der Waals surface area contributed by atoms with Gasteiger partial charge in [-0.15, -0.1) is 0 Å². The minimum atomic E-state index is 0.592. The molecule has 0 spiro atoms. The fraction of sp³-hybridized carbons (Fsp3) is 0.667. The monoisotopic (exact) mass is 291 g/mol. The number of ether oxygens (including phenoxy) is 2. The number of rotatable bonds is 5. The standard InChI is InChI=1S/C16H23NO2.C2H6/c1-11-8-17-9-14(11)13-5-6-15(18-2)16(7-13)19-10-12-3-4-12;1-2/h5-7,11-12,14,17H,3-4,8-10H2,1-2H3;1-2H3. The van der Waals surface area contributed by atoms with Crippen molar-refractivity contribution < 1.29 is 9.47 Å². The molecule has 2 atom stereocenters. The van der Waals surface area contributed by atoms with Crippen molar-refractivity contribution in [1.82, 2.24) is 5.32 Å². The third-order valence-corrected chi connectivity index (χ3v) is 4.30. The van der Waals surface area contributed by atoms with Crippen LogP contribution < -0.4 is 14.8 Å². The second kappa shape index (κ2) is 7.69. The van der Waals surface area contributed by atoms with E-state index in [1.165, 1.54) is 18.4 Å². The Bertz CT molecular complexity index is 443. The average molecular weight is 291 g/mol. The number of benzene rings is 1. The van der Waals surface area contributed by atoms with Gasteiger partial charge >= 0.3 is 0 Å². The van der Waals surface area contributed by atoms with Gasteiger partial charge in [0.2, 0.25) is 0 Å². The molecular weight excluding hydrogens is 262 g/mol. The molecule has 1 aliphatic carbocycles. The van der Waals surface area contributed by atoms with Crippen LogP contribution in [0.1, 0.15) is 45.1 Å². The van der Waals surface area contributed by atoms with Crippen molar-refractivity contribution in [3.05, 3.63) is 23.8 Å². The van der Waals surface area contributed by atoms with E-state index in [1.807, 2.05) is 19.9 Å². The van der Waals surface area contributed by atoms with Crippen LogP contribution in [0.2, 0.25) is 0 Å². The molecule has 1 aromatic carbocycles. The van der Waals surface area contributed by atoms with Crippen LogP contribution in [-0.2, 0) is 0 Å². The summed E-state index contributed by atoms with van der Waals surface area (Å²) in [7, 11) is 1.71. The molecular formula is C18H29NO2. The minimum absolute atomic E-state index is 0.592. The van der Waals surface area contributed by atoms with E-state index in [0.29, 0.717) is 11.8 Å². The first-order valence-electron chi connectivity index (χ1n) is 8.29. The lowest BCUT2D eigenvalue weighted by Gasteiger charge is -2.17. The summed E-state index contributed by atoms with van der Waals surface area (Å²) in [6.45, 7) is 9.31. The van der Waals surface area contributed by atoms with Gasteiger partial charge in [-0.2, -0.15) is 0 Å². The molecule has 3 heteroatoms. The van der Waals surface area contributed by atoms with Gasteiger partial charge < -0.3 is 14.8 Å². The molecule has 2 aliphatic rings. The van der Waals surface area contributed by atoms with Gasteiger partial charge in [-0.25, -0.2) is 0 Å². The van der Waals surface area contributed by atoms with E-state index < -0.39 is 0 Å². The minimum Gasteiger partial charge on any atom is -0.493 e. The van der Waals surface area contributed by atoms with Crippen LogP contribution in [0.15, 0.2) is 18.2 Å². The number of hydrogen-bond donors (Lipinski definition) is 1. The molecule has 1 aromatic rings. The zero-order valence-corrected chi connectivity index (χ0v) is 13.8. The molecule has 1 heterocycles. The lowest BCUT2D eigenvalue weighted by molar-refractivity contribution is 0.280. The molecule has 118 valence electrons. The number of methoxy groups -OCH3 is 1. The lowest BCUT2D eigenvalue weighted by Crippen LogP contribution is -2.09. The Kier molecular flexibility index (Phi) is 5.92. The molecule has 0 bridgehead atoms. The summed E-state index contributed by atoms with van der Waals surface area (Å²) in [6, 6.07) is 6.40. The van der Waals surface area contributed by atoms with Gasteiger partial charge in [0.1, 0.15) is 0 Å². The van der Waals surface area contributed by atoms with Gasteiger partial charge in [0.05, 0.1) is 13.7 Å². The van der Waals surface area contributed by atoms with E-state index in [4.69, 9.17) is 9.47 Å². The molecule has 3 rings (SSSR count). The summed E-state index contributed by atoms with van der Waals surface area (Å²) in [4.78, 5) is 0. The van der Waals surface area contributed by atoms with Crippen molar-refractivity contribution >= 4 is 0 Å². The van der Waals surface area contributed by atoms with E-state index in [-0.39, 0.29) is 0 Å². The molecule has 1 saturated heterocycles. The maximum Gasteiger partial charge on any atom is 0.161 e. The largest absolute Gasteiger partial charge is 0.493 e. The van der Waals surface area contributed by atoms with Crippen molar-refractivity contribution in [2.24, 2.45) is 11.8 Å². The van der Waals surface area contributed by atoms with E-state index in [9.17, 15) is 0 Å². The van der Waals surface area contributed by atoms with Crippen LogP contribution in [0.25, 0.3) is 0 Å². The molecule has 3 nitrogen and oxygen atoms in total. The summed E-state index contributed by atoms with van der Waals surface area (Å²) >= 11 is 0. The van der Waals surface area contributed by atoms with Crippen LogP contribution in [0.5, 0.6) is 11.5 Å². The highest BCUT2D eigenvalue weighted by atomic mass is 16.5. The number of nitrogens with one attached hydrogen (secondary N) is 1. The van der Waals surface area contributed by atoms with E-state index in [0.717, 1.165) is 37.1 Å². The van der Waals surface area contributed by atoms with Crippen molar-refractivity contribution in [3.8, 4) is 11.5 Å². The van der Waals surface area contributed by atoms with Crippen LogP contribution in [0, 0.1) is 11.8 Å². The predicted molar refractivity (Wildman–Crippen MR) is 87.3 cm³/mol. The average Bonchev–Trinajstić information content (AvgIpc) is 3.27. The Hall–Kier alpha value is -1.22. The highest BCUT2D eigenvalue weighted by Crippen LogP contribution is 2.36. The maximum absolute atomic E-state index is 5.94. The molecule has 2 unspecified atom stereocenters. The summed E-state index contributed by atoms with van der Waals surface area (Å²) < 4.78 is 11.3. The van der Waals surface area contributed by atoms with Gasteiger partial charge in [-0.1, -0.05) is 26.8 Å². The molecule has 1 saturated carbocycles. The predicted octanol–water partition coefficient (Wildman–Crippen LogP) is 3.83. The zero-order chi connectivity index (χ0) is 15.2. The second-order valence-corrected chi connectivity index (χ2v) is 5.91. The Morgan fingerprint density at radius 2 is 1.90 bits per heavy atom. The Labute approximate surface area is 129 Å². The van der Waals surface area contributed by atoms with Crippen molar-refractivity contribution in [3.63, 3.8) is 0 Å². The second-order valence-electron chi connectivity index (χ2n) is 5.91. The number of hydrogen-bond acceptors (Lipinski definition) is 3. The summed E-state index contributed by atoms with van der Waals surface area (Å²) in [6.07, 6.45) is 2.62. The third kappa shape index (κ3) is 4.13.